The molecular formula is C18H22ClF3N4O. The zero-order valence-corrected chi connectivity index (χ0v) is 15.9. The van der Waals surface area contributed by atoms with Crippen LogP contribution in [-0.2, 0) is 6.18 Å². The highest BCUT2D eigenvalue weighted by Gasteiger charge is 2.41. The summed E-state index contributed by atoms with van der Waals surface area (Å²) in [5.74, 6) is -0.629. The first-order chi connectivity index (χ1) is 12.3. The van der Waals surface area contributed by atoms with Crippen LogP contribution in [-0.4, -0.2) is 46.8 Å². The largest absolute Gasteiger partial charge is 0.434 e. The standard InChI is InChI=1S/C18H21F3N4O.ClH/c1-12-5-3-7-14(9-12)25-16(18(19,20)21)15(10-23-25)17(26)24-8-4-6-13(11-24)22-2;/h3,5,7,9-10,13,22H,4,6,8,11H2,1-2H3;1H. The second-order valence-electron chi connectivity index (χ2n) is 6.53. The van der Waals surface area contributed by atoms with E-state index in [0.717, 1.165) is 29.3 Å². The normalized spacial score (nSPS) is 17.5. The minimum Gasteiger partial charge on any atom is -0.337 e. The first-order valence-corrected chi connectivity index (χ1v) is 8.50. The van der Waals surface area contributed by atoms with Crippen LogP contribution in [0.15, 0.2) is 30.5 Å². The number of halogens is 4. The van der Waals surface area contributed by atoms with Crippen molar-refractivity contribution in [1.82, 2.24) is 20.0 Å². The molecule has 148 valence electrons. The fourth-order valence-electron chi connectivity index (χ4n) is 3.30. The molecule has 27 heavy (non-hydrogen) atoms. The number of aromatic nitrogens is 2. The molecule has 0 spiro atoms. The molecule has 0 saturated carbocycles. The maximum Gasteiger partial charge on any atom is 0.434 e. The van der Waals surface area contributed by atoms with Crippen molar-refractivity contribution in [1.29, 1.82) is 0 Å². The molecule has 1 saturated heterocycles. The number of benzene rings is 1. The molecule has 0 bridgehead atoms. The summed E-state index contributed by atoms with van der Waals surface area (Å²) in [6.07, 6.45) is -2.01. The van der Waals surface area contributed by atoms with E-state index in [-0.39, 0.29) is 24.1 Å². The second-order valence-corrected chi connectivity index (χ2v) is 6.53. The summed E-state index contributed by atoms with van der Waals surface area (Å²) in [7, 11) is 1.79. The van der Waals surface area contributed by atoms with Gasteiger partial charge in [0, 0.05) is 19.1 Å². The molecule has 2 aromatic rings. The van der Waals surface area contributed by atoms with E-state index in [4.69, 9.17) is 0 Å². The van der Waals surface area contributed by atoms with Gasteiger partial charge in [-0.15, -0.1) is 12.4 Å². The highest BCUT2D eigenvalue weighted by molar-refractivity contribution is 5.95. The van der Waals surface area contributed by atoms with E-state index < -0.39 is 23.3 Å². The number of nitrogens with zero attached hydrogens (tertiary/aromatic N) is 3. The molecule has 1 aromatic heterocycles. The van der Waals surface area contributed by atoms with Crippen LogP contribution in [0.4, 0.5) is 13.2 Å². The Labute approximate surface area is 161 Å². The van der Waals surface area contributed by atoms with Crippen molar-refractivity contribution in [2.75, 3.05) is 20.1 Å². The van der Waals surface area contributed by atoms with E-state index in [2.05, 4.69) is 10.4 Å². The zero-order chi connectivity index (χ0) is 18.9. The van der Waals surface area contributed by atoms with Gasteiger partial charge >= 0.3 is 6.18 Å². The van der Waals surface area contributed by atoms with Gasteiger partial charge < -0.3 is 10.2 Å². The summed E-state index contributed by atoms with van der Waals surface area (Å²) in [5.41, 5.74) is -0.342. The van der Waals surface area contributed by atoms with Gasteiger partial charge in [0.05, 0.1) is 17.4 Å². The Balaban J connectivity index is 0.00000261. The van der Waals surface area contributed by atoms with Gasteiger partial charge in [0.15, 0.2) is 5.69 Å². The van der Waals surface area contributed by atoms with Crippen molar-refractivity contribution >= 4 is 18.3 Å². The summed E-state index contributed by atoms with van der Waals surface area (Å²) in [6, 6.07) is 6.69. The van der Waals surface area contributed by atoms with Gasteiger partial charge in [0.25, 0.3) is 5.91 Å². The molecule has 1 aliphatic rings. The van der Waals surface area contributed by atoms with E-state index >= 15 is 0 Å². The molecule has 9 heteroatoms. The summed E-state index contributed by atoms with van der Waals surface area (Å²) in [6.45, 7) is 2.63. The lowest BCUT2D eigenvalue weighted by molar-refractivity contribution is -0.143. The van der Waals surface area contributed by atoms with Gasteiger partial charge in [0.2, 0.25) is 0 Å². The molecule has 1 amide bonds. The fraction of sp³-hybridized carbons (Fsp3) is 0.444. The molecule has 2 heterocycles. The number of carbonyl (C=O) groups excluding carboxylic acids is 1. The number of carbonyl (C=O) groups is 1. The number of piperidine rings is 1. The molecule has 1 atom stereocenters. The third-order valence-corrected chi connectivity index (χ3v) is 4.63. The molecule has 1 fully saturated rings. The summed E-state index contributed by atoms with van der Waals surface area (Å²) in [5, 5.41) is 6.97. The molecule has 1 unspecified atom stereocenters. The SMILES string of the molecule is CNC1CCCN(C(=O)c2cnn(-c3cccc(C)c3)c2C(F)(F)F)C1.Cl. The number of hydrogen-bond donors (Lipinski definition) is 1. The average molecular weight is 403 g/mol. The Morgan fingerprint density at radius 3 is 2.70 bits per heavy atom. The number of rotatable bonds is 3. The van der Waals surface area contributed by atoms with Crippen LogP contribution < -0.4 is 5.32 Å². The van der Waals surface area contributed by atoms with E-state index in [9.17, 15) is 18.0 Å². The summed E-state index contributed by atoms with van der Waals surface area (Å²) >= 11 is 0. The molecule has 1 aromatic carbocycles. The third-order valence-electron chi connectivity index (χ3n) is 4.63. The van der Waals surface area contributed by atoms with Gasteiger partial charge in [0.1, 0.15) is 0 Å². The Kier molecular flexibility index (Phi) is 6.54. The molecule has 1 aliphatic heterocycles. The van der Waals surface area contributed by atoms with Gasteiger partial charge in [-0.3, -0.25) is 4.79 Å². The van der Waals surface area contributed by atoms with Crippen molar-refractivity contribution in [2.45, 2.75) is 32.0 Å². The smallest absolute Gasteiger partial charge is 0.337 e. The quantitative estimate of drug-likeness (QED) is 0.855. The van der Waals surface area contributed by atoms with Gasteiger partial charge in [-0.1, -0.05) is 12.1 Å². The molecule has 0 radical (unpaired) electrons. The first-order valence-electron chi connectivity index (χ1n) is 8.50. The van der Waals surface area contributed by atoms with Crippen molar-refractivity contribution in [2.24, 2.45) is 0 Å². The van der Waals surface area contributed by atoms with E-state index in [0.29, 0.717) is 13.1 Å². The predicted octanol–water partition coefficient (Wildman–Crippen LogP) is 3.45. The van der Waals surface area contributed by atoms with Crippen molar-refractivity contribution in [3.63, 3.8) is 0 Å². The lowest BCUT2D eigenvalue weighted by Crippen LogP contribution is -2.47. The Morgan fingerprint density at radius 2 is 2.07 bits per heavy atom. The third kappa shape index (κ3) is 4.44. The average Bonchev–Trinajstić information content (AvgIpc) is 3.06. The van der Waals surface area contributed by atoms with Gasteiger partial charge in [-0.25, -0.2) is 4.68 Å². The monoisotopic (exact) mass is 402 g/mol. The summed E-state index contributed by atoms with van der Waals surface area (Å²) < 4.78 is 42.1. The van der Waals surface area contributed by atoms with Crippen molar-refractivity contribution in [3.8, 4) is 5.69 Å². The Bertz CT molecular complexity index is 806. The number of nitrogens with one attached hydrogen (secondary N) is 1. The molecule has 5 nitrogen and oxygen atoms in total. The number of likely N-dealkylation sites (tertiary alicyclic amines) is 1. The van der Waals surface area contributed by atoms with E-state index in [1.807, 2.05) is 0 Å². The molecule has 3 rings (SSSR count). The van der Waals surface area contributed by atoms with Crippen LogP contribution in [0.1, 0.15) is 34.5 Å². The van der Waals surface area contributed by atoms with E-state index in [1.165, 1.54) is 4.90 Å². The lowest BCUT2D eigenvalue weighted by Gasteiger charge is -2.32. The Hall–Kier alpha value is -2.06. The molecular weight excluding hydrogens is 381 g/mol. The molecule has 1 N–H and O–H groups in total. The highest BCUT2D eigenvalue weighted by Crippen LogP contribution is 2.34. The lowest BCUT2D eigenvalue weighted by atomic mass is 10.0. The second kappa shape index (κ2) is 8.31. The maximum atomic E-state index is 13.8. The van der Waals surface area contributed by atoms with Crippen LogP contribution in [0.2, 0.25) is 0 Å². The van der Waals surface area contributed by atoms with Crippen LogP contribution in [0, 0.1) is 6.92 Å². The first kappa shape index (κ1) is 21.2. The minimum absolute atomic E-state index is 0. The highest BCUT2D eigenvalue weighted by atomic mass is 35.5. The number of amides is 1. The van der Waals surface area contributed by atoms with Gasteiger partial charge in [-0.2, -0.15) is 18.3 Å². The van der Waals surface area contributed by atoms with Crippen LogP contribution in [0.3, 0.4) is 0 Å². The number of likely N-dealkylation sites (N-methyl/N-ethyl adjacent to an activating group) is 1. The zero-order valence-electron chi connectivity index (χ0n) is 15.1. The Morgan fingerprint density at radius 1 is 1.33 bits per heavy atom. The van der Waals surface area contributed by atoms with E-state index in [1.54, 1.807) is 38.2 Å². The topological polar surface area (TPSA) is 50.2 Å². The minimum atomic E-state index is -4.69. The fourth-order valence-corrected chi connectivity index (χ4v) is 3.30. The van der Waals surface area contributed by atoms with Crippen LogP contribution >= 0.6 is 12.4 Å². The van der Waals surface area contributed by atoms with Crippen molar-refractivity contribution in [3.05, 3.63) is 47.3 Å². The van der Waals surface area contributed by atoms with Crippen LogP contribution in [0.25, 0.3) is 5.69 Å². The summed E-state index contributed by atoms with van der Waals surface area (Å²) in [4.78, 5) is 14.3. The maximum absolute atomic E-state index is 13.8. The molecule has 0 aliphatic carbocycles. The number of hydrogen-bond acceptors (Lipinski definition) is 3. The van der Waals surface area contributed by atoms with Gasteiger partial charge in [-0.05, 0) is 44.5 Å². The van der Waals surface area contributed by atoms with Crippen molar-refractivity contribution < 1.29 is 18.0 Å². The number of alkyl halides is 3. The van der Waals surface area contributed by atoms with Crippen LogP contribution in [0.5, 0.6) is 0 Å². The number of aryl methyl sites for hydroxylation is 1. The predicted molar refractivity (Wildman–Crippen MR) is 98.5 cm³/mol.